The Bertz CT molecular complexity index is 1100. The van der Waals surface area contributed by atoms with Crippen LogP contribution < -0.4 is 5.32 Å². The number of amides is 1. The Morgan fingerprint density at radius 2 is 1.40 bits per heavy atom. The largest absolute Gasteiger partial charge is 0.394 e. The van der Waals surface area contributed by atoms with E-state index in [1.165, 1.54) is 0 Å². The van der Waals surface area contributed by atoms with Crippen LogP contribution in [0.15, 0.2) is 91.0 Å². The third kappa shape index (κ3) is 6.27. The second-order valence-electron chi connectivity index (χ2n) is 9.97. The zero-order valence-electron chi connectivity index (χ0n) is 23.4. The summed E-state index contributed by atoms with van der Waals surface area (Å²) < 4.78 is 18.0. The average Bonchev–Trinajstić information content (AvgIpc) is 3.37. The maximum atomic E-state index is 13.7. The number of hydrogen-bond acceptors (Lipinski definition) is 7. The molecule has 1 amide bonds. The van der Waals surface area contributed by atoms with E-state index in [2.05, 4.69) is 41.7 Å². The van der Waals surface area contributed by atoms with E-state index in [0.717, 1.165) is 23.1 Å². The summed E-state index contributed by atoms with van der Waals surface area (Å²) in [7, 11) is 6.47. The molecule has 8 heteroatoms. The minimum absolute atomic E-state index is 0.0338. The summed E-state index contributed by atoms with van der Waals surface area (Å²) in [5, 5.41) is 13.1. The lowest BCUT2D eigenvalue weighted by atomic mass is 9.77. The smallest absolute Gasteiger partial charge is 0.221 e. The molecule has 0 spiro atoms. The van der Waals surface area contributed by atoms with Gasteiger partial charge in [0.1, 0.15) is 5.54 Å². The molecule has 2 unspecified atom stereocenters. The Kier molecular flexibility index (Phi) is 10.7. The van der Waals surface area contributed by atoms with Gasteiger partial charge in [-0.2, -0.15) is 0 Å². The molecule has 1 aliphatic heterocycles. The average molecular weight is 582 g/mol. The van der Waals surface area contributed by atoms with E-state index >= 15 is 0 Å². The highest BCUT2D eigenvalue weighted by Crippen LogP contribution is 2.58. The molecule has 2 atom stereocenters. The van der Waals surface area contributed by atoms with E-state index in [0.29, 0.717) is 25.0 Å². The van der Waals surface area contributed by atoms with Gasteiger partial charge in [-0.1, -0.05) is 113 Å². The number of unbranched alkanes of at least 4 members (excludes halogenated alkanes) is 1. The van der Waals surface area contributed by atoms with Crippen molar-refractivity contribution in [2.75, 3.05) is 26.6 Å². The number of rotatable bonds is 14. The van der Waals surface area contributed by atoms with Crippen LogP contribution in [0.3, 0.4) is 0 Å². The van der Waals surface area contributed by atoms with E-state index in [4.69, 9.17) is 14.2 Å². The van der Waals surface area contributed by atoms with Crippen molar-refractivity contribution in [1.82, 2.24) is 5.32 Å². The van der Waals surface area contributed by atoms with Crippen LogP contribution in [0.4, 0.5) is 0 Å². The van der Waals surface area contributed by atoms with Crippen molar-refractivity contribution in [3.05, 3.63) is 108 Å². The predicted molar refractivity (Wildman–Crippen MR) is 163 cm³/mol. The predicted octanol–water partition coefficient (Wildman–Crippen LogP) is 6.13. The van der Waals surface area contributed by atoms with Crippen LogP contribution in [0.1, 0.15) is 49.3 Å². The molecule has 4 rings (SSSR count). The van der Waals surface area contributed by atoms with E-state index in [9.17, 15) is 9.90 Å². The molecular weight excluding hydrogens is 542 g/mol. The van der Waals surface area contributed by atoms with Crippen molar-refractivity contribution < 1.29 is 24.1 Å². The van der Waals surface area contributed by atoms with Crippen LogP contribution in [0, 0.1) is 0 Å². The molecule has 0 bridgehead atoms. The standard InChI is InChI=1S/C32H39NO5S2/c1-25(23-34)38-31(30(36-2,37-3)24-39-40-31)22-14-13-21-29(35)33-32(26-15-7-4-8-16-26,27-17-9-5-10-18-27)28-19-11-6-12-20-28/h4-12,15-20,25,34H,13-14,21-24H2,1-3H3,(H,33,35). The quantitative estimate of drug-likeness (QED) is 0.103. The molecule has 0 aromatic heterocycles. The Morgan fingerprint density at radius 3 is 1.85 bits per heavy atom. The normalized spacial score (nSPS) is 19.3. The summed E-state index contributed by atoms with van der Waals surface area (Å²) >= 11 is 0. The second-order valence-corrected chi connectivity index (χ2v) is 12.5. The summed E-state index contributed by atoms with van der Waals surface area (Å²) in [5.74, 6) is -0.359. The molecule has 1 heterocycles. The van der Waals surface area contributed by atoms with Gasteiger partial charge in [-0.3, -0.25) is 4.79 Å². The van der Waals surface area contributed by atoms with E-state index < -0.39 is 16.3 Å². The van der Waals surface area contributed by atoms with E-state index in [1.54, 1.807) is 35.8 Å². The number of aliphatic hydroxyl groups is 1. The van der Waals surface area contributed by atoms with Gasteiger partial charge in [0.2, 0.25) is 11.7 Å². The number of nitrogens with one attached hydrogen (secondary N) is 1. The van der Waals surface area contributed by atoms with Crippen molar-refractivity contribution in [3.8, 4) is 0 Å². The van der Waals surface area contributed by atoms with Crippen molar-refractivity contribution in [2.24, 2.45) is 0 Å². The molecular formula is C32H39NO5S2. The number of methoxy groups -OCH3 is 2. The van der Waals surface area contributed by atoms with Crippen molar-refractivity contribution >= 4 is 27.5 Å². The minimum atomic E-state index is -0.933. The summed E-state index contributed by atoms with van der Waals surface area (Å²) in [6, 6.07) is 30.4. The van der Waals surface area contributed by atoms with Crippen LogP contribution >= 0.6 is 21.6 Å². The molecule has 0 radical (unpaired) electrons. The number of hydrogen-bond donors (Lipinski definition) is 2. The molecule has 40 heavy (non-hydrogen) atoms. The SMILES string of the molecule is COC1(OC)CSSC1(CCCCC(=O)NC(c1ccccc1)(c1ccccc1)c1ccccc1)OC(C)CO. The first-order valence-electron chi connectivity index (χ1n) is 13.6. The van der Waals surface area contributed by atoms with Gasteiger partial charge >= 0.3 is 0 Å². The second kappa shape index (κ2) is 14.0. The molecule has 1 fully saturated rings. The monoisotopic (exact) mass is 581 g/mol. The van der Waals surface area contributed by atoms with Gasteiger partial charge in [0.25, 0.3) is 0 Å². The molecule has 214 valence electrons. The van der Waals surface area contributed by atoms with Crippen LogP contribution in [0.5, 0.6) is 0 Å². The van der Waals surface area contributed by atoms with Gasteiger partial charge in [-0.05, 0) is 42.9 Å². The lowest BCUT2D eigenvalue weighted by molar-refractivity contribution is -0.278. The maximum absolute atomic E-state index is 13.7. The molecule has 0 saturated carbocycles. The fourth-order valence-corrected chi connectivity index (χ4v) is 9.07. The number of carbonyl (C=O) groups excluding carboxylic acids is 1. The maximum Gasteiger partial charge on any atom is 0.221 e. The Balaban J connectivity index is 1.54. The summed E-state index contributed by atoms with van der Waals surface area (Å²) in [5.41, 5.74) is 2.15. The first kappa shape index (κ1) is 30.6. The third-order valence-corrected chi connectivity index (χ3v) is 10.4. The fourth-order valence-electron chi connectivity index (χ4n) is 5.35. The molecule has 6 nitrogen and oxygen atoms in total. The Labute approximate surface area is 245 Å². The molecule has 0 aliphatic carbocycles. The lowest BCUT2D eigenvalue weighted by Gasteiger charge is -2.43. The topological polar surface area (TPSA) is 77.0 Å². The van der Waals surface area contributed by atoms with Gasteiger partial charge in [0.15, 0.2) is 4.93 Å². The number of ether oxygens (including phenoxy) is 3. The molecule has 1 saturated heterocycles. The van der Waals surface area contributed by atoms with Crippen LogP contribution in [-0.4, -0.2) is 54.4 Å². The van der Waals surface area contributed by atoms with Crippen LogP contribution in [-0.2, 0) is 24.5 Å². The molecule has 3 aromatic carbocycles. The van der Waals surface area contributed by atoms with Gasteiger partial charge < -0.3 is 24.6 Å². The lowest BCUT2D eigenvalue weighted by Crippen LogP contribution is -2.56. The van der Waals surface area contributed by atoms with Crippen molar-refractivity contribution in [3.63, 3.8) is 0 Å². The number of aliphatic hydroxyl groups excluding tert-OH is 1. The molecule has 3 aromatic rings. The van der Waals surface area contributed by atoms with Crippen LogP contribution in [0.2, 0.25) is 0 Å². The highest BCUT2D eigenvalue weighted by molar-refractivity contribution is 8.77. The third-order valence-electron chi connectivity index (χ3n) is 7.44. The van der Waals surface area contributed by atoms with Crippen molar-refractivity contribution in [2.45, 2.75) is 55.0 Å². The van der Waals surface area contributed by atoms with E-state index in [-0.39, 0.29) is 18.6 Å². The van der Waals surface area contributed by atoms with Gasteiger partial charge in [0.05, 0.1) is 18.5 Å². The molecule has 1 aliphatic rings. The van der Waals surface area contributed by atoms with Gasteiger partial charge in [0, 0.05) is 20.6 Å². The zero-order valence-corrected chi connectivity index (χ0v) is 25.0. The molecule has 2 N–H and O–H groups in total. The Hall–Kier alpha value is -2.33. The summed E-state index contributed by atoms with van der Waals surface area (Å²) in [6.07, 6.45) is 1.98. The van der Waals surface area contributed by atoms with Crippen molar-refractivity contribution in [1.29, 1.82) is 0 Å². The number of carbonyl (C=O) groups is 1. The highest BCUT2D eigenvalue weighted by Gasteiger charge is 2.59. The minimum Gasteiger partial charge on any atom is -0.394 e. The first-order chi connectivity index (χ1) is 19.4. The number of benzene rings is 3. The van der Waals surface area contributed by atoms with Crippen LogP contribution in [0.25, 0.3) is 0 Å². The van der Waals surface area contributed by atoms with Gasteiger partial charge in [-0.25, -0.2) is 0 Å². The zero-order chi connectivity index (χ0) is 28.5. The highest BCUT2D eigenvalue weighted by atomic mass is 33.1. The fraction of sp³-hybridized carbons (Fsp3) is 0.406. The van der Waals surface area contributed by atoms with E-state index in [1.807, 2.05) is 61.5 Å². The Morgan fingerprint density at radius 1 is 0.900 bits per heavy atom. The summed E-state index contributed by atoms with van der Waals surface area (Å²) in [4.78, 5) is 12.9. The van der Waals surface area contributed by atoms with Gasteiger partial charge in [-0.15, -0.1) is 0 Å². The summed E-state index contributed by atoms with van der Waals surface area (Å²) in [6.45, 7) is 1.74. The first-order valence-corrected chi connectivity index (χ1v) is 15.9.